The first-order valence-corrected chi connectivity index (χ1v) is 6.19. The zero-order valence-corrected chi connectivity index (χ0v) is 9.51. The summed E-state index contributed by atoms with van der Waals surface area (Å²) in [6.45, 7) is 0.879. The van der Waals surface area contributed by atoms with Crippen LogP contribution in [0.3, 0.4) is 0 Å². The molecule has 0 amide bonds. The smallest absolute Gasteiger partial charge is 0.335 e. The Morgan fingerprint density at radius 2 is 2.33 bits per heavy atom. The molecule has 0 aliphatic rings. The first-order valence-electron chi connectivity index (χ1n) is 4.80. The van der Waals surface area contributed by atoms with Crippen LogP contribution in [0.15, 0.2) is 24.3 Å². The summed E-state index contributed by atoms with van der Waals surface area (Å²) in [6.07, 6.45) is 3.16. The van der Waals surface area contributed by atoms with Crippen LogP contribution < -0.4 is 5.32 Å². The van der Waals surface area contributed by atoms with Crippen LogP contribution in [0, 0.1) is 0 Å². The molecule has 4 heteroatoms. The molecule has 1 aromatic rings. The number of rotatable bonds is 6. The van der Waals surface area contributed by atoms with Gasteiger partial charge in [0.25, 0.3) is 0 Å². The highest BCUT2D eigenvalue weighted by atomic mass is 32.2. The topological polar surface area (TPSA) is 49.3 Å². The van der Waals surface area contributed by atoms with Crippen LogP contribution >= 0.6 is 11.8 Å². The number of hydrogen-bond acceptors (Lipinski definition) is 3. The van der Waals surface area contributed by atoms with Gasteiger partial charge in [-0.3, -0.25) is 0 Å². The molecule has 0 aromatic heterocycles. The molecule has 0 unspecified atom stereocenters. The van der Waals surface area contributed by atoms with Gasteiger partial charge >= 0.3 is 5.97 Å². The predicted octanol–water partition coefficient (Wildman–Crippen LogP) is 2.55. The molecule has 2 N–H and O–H groups in total. The molecule has 0 fully saturated rings. The minimum atomic E-state index is -0.886. The van der Waals surface area contributed by atoms with E-state index in [2.05, 4.69) is 11.6 Å². The Morgan fingerprint density at radius 3 is 3.00 bits per heavy atom. The van der Waals surface area contributed by atoms with Crippen molar-refractivity contribution in [2.24, 2.45) is 0 Å². The third-order valence-corrected chi connectivity index (χ3v) is 2.66. The largest absolute Gasteiger partial charge is 0.478 e. The van der Waals surface area contributed by atoms with Crippen LogP contribution in [0.5, 0.6) is 0 Å². The molecule has 0 saturated carbocycles. The van der Waals surface area contributed by atoms with E-state index in [0.29, 0.717) is 5.56 Å². The Labute approximate surface area is 93.9 Å². The summed E-state index contributed by atoms with van der Waals surface area (Å²) in [4.78, 5) is 10.7. The van der Waals surface area contributed by atoms with Gasteiger partial charge in [-0.2, -0.15) is 11.8 Å². The van der Waals surface area contributed by atoms with E-state index in [9.17, 15) is 4.79 Å². The molecule has 3 nitrogen and oxygen atoms in total. The van der Waals surface area contributed by atoms with Gasteiger partial charge in [0.15, 0.2) is 0 Å². The van der Waals surface area contributed by atoms with E-state index in [1.165, 1.54) is 0 Å². The van der Waals surface area contributed by atoms with Gasteiger partial charge in [-0.1, -0.05) is 6.07 Å². The highest BCUT2D eigenvalue weighted by molar-refractivity contribution is 7.98. The number of carbonyl (C=O) groups is 1. The average Bonchev–Trinajstić information content (AvgIpc) is 2.25. The second kappa shape index (κ2) is 6.35. The van der Waals surface area contributed by atoms with Gasteiger partial charge in [0.2, 0.25) is 0 Å². The van der Waals surface area contributed by atoms with Gasteiger partial charge in [-0.25, -0.2) is 4.79 Å². The zero-order valence-electron chi connectivity index (χ0n) is 8.69. The second-order valence-electron chi connectivity index (χ2n) is 3.16. The number of benzene rings is 1. The van der Waals surface area contributed by atoms with E-state index in [4.69, 9.17) is 5.11 Å². The van der Waals surface area contributed by atoms with E-state index in [-0.39, 0.29) is 0 Å². The molecular formula is C11H15NO2S. The van der Waals surface area contributed by atoms with Crippen LogP contribution in [0.1, 0.15) is 16.8 Å². The van der Waals surface area contributed by atoms with Crippen molar-refractivity contribution in [3.63, 3.8) is 0 Å². The molecule has 0 aliphatic heterocycles. The Balaban J connectivity index is 2.47. The molecule has 0 saturated heterocycles. The van der Waals surface area contributed by atoms with Gasteiger partial charge < -0.3 is 10.4 Å². The number of carboxylic acid groups (broad SMARTS) is 1. The van der Waals surface area contributed by atoms with Crippen molar-refractivity contribution in [2.45, 2.75) is 6.42 Å². The van der Waals surface area contributed by atoms with Crippen molar-refractivity contribution < 1.29 is 9.90 Å². The minimum absolute atomic E-state index is 0.324. The van der Waals surface area contributed by atoms with Crippen LogP contribution in [0.25, 0.3) is 0 Å². The van der Waals surface area contributed by atoms with Crippen molar-refractivity contribution >= 4 is 23.4 Å². The molecule has 0 heterocycles. The normalized spacial score (nSPS) is 9.93. The average molecular weight is 225 g/mol. The standard InChI is InChI=1S/C11H15NO2S/c1-15-7-3-6-12-10-5-2-4-9(8-10)11(13)14/h2,4-5,8,12H,3,6-7H2,1H3,(H,13,14). The monoisotopic (exact) mass is 225 g/mol. The lowest BCUT2D eigenvalue weighted by molar-refractivity contribution is 0.0697. The fourth-order valence-corrected chi connectivity index (χ4v) is 1.64. The van der Waals surface area contributed by atoms with Gasteiger partial charge in [0.05, 0.1) is 5.56 Å². The fourth-order valence-electron chi connectivity index (χ4n) is 1.21. The Kier molecular flexibility index (Phi) is 5.04. The van der Waals surface area contributed by atoms with Crippen molar-refractivity contribution in [1.29, 1.82) is 0 Å². The van der Waals surface area contributed by atoms with Crippen molar-refractivity contribution in [2.75, 3.05) is 23.9 Å². The number of carboxylic acids is 1. The number of hydrogen-bond donors (Lipinski definition) is 2. The van der Waals surface area contributed by atoms with Gasteiger partial charge in [-0.05, 0) is 36.6 Å². The fraction of sp³-hybridized carbons (Fsp3) is 0.364. The maximum Gasteiger partial charge on any atom is 0.335 e. The molecule has 0 bridgehead atoms. The number of anilines is 1. The molecule has 0 spiro atoms. The lowest BCUT2D eigenvalue weighted by atomic mass is 10.2. The summed E-state index contributed by atoms with van der Waals surface area (Å²) in [7, 11) is 0. The summed E-state index contributed by atoms with van der Waals surface area (Å²) in [5, 5.41) is 12.0. The van der Waals surface area contributed by atoms with E-state index in [1.54, 1.807) is 18.2 Å². The lowest BCUT2D eigenvalue weighted by Crippen LogP contribution is -2.04. The second-order valence-corrected chi connectivity index (χ2v) is 4.14. The first kappa shape index (κ1) is 11.9. The summed E-state index contributed by atoms with van der Waals surface area (Å²) in [5.74, 6) is 0.230. The summed E-state index contributed by atoms with van der Waals surface area (Å²) in [5.41, 5.74) is 1.20. The summed E-state index contributed by atoms with van der Waals surface area (Å²) in [6, 6.07) is 6.88. The highest BCUT2D eigenvalue weighted by Crippen LogP contribution is 2.10. The van der Waals surface area contributed by atoms with Crippen molar-refractivity contribution in [3.05, 3.63) is 29.8 Å². The van der Waals surface area contributed by atoms with Gasteiger partial charge in [0.1, 0.15) is 0 Å². The summed E-state index contributed by atoms with van der Waals surface area (Å²) >= 11 is 1.81. The van der Waals surface area contributed by atoms with Crippen LogP contribution in [-0.2, 0) is 0 Å². The van der Waals surface area contributed by atoms with E-state index < -0.39 is 5.97 Å². The first-order chi connectivity index (χ1) is 7.24. The molecule has 1 rings (SSSR count). The maximum absolute atomic E-state index is 10.7. The molecule has 0 aliphatic carbocycles. The number of nitrogens with one attached hydrogen (secondary N) is 1. The maximum atomic E-state index is 10.7. The predicted molar refractivity (Wildman–Crippen MR) is 64.9 cm³/mol. The third kappa shape index (κ3) is 4.25. The highest BCUT2D eigenvalue weighted by Gasteiger charge is 2.02. The molecule has 0 atom stereocenters. The number of aromatic carboxylic acids is 1. The third-order valence-electron chi connectivity index (χ3n) is 1.96. The zero-order chi connectivity index (χ0) is 11.1. The molecule has 1 aromatic carbocycles. The molecule has 82 valence electrons. The lowest BCUT2D eigenvalue weighted by Gasteiger charge is -2.06. The van der Waals surface area contributed by atoms with Gasteiger partial charge in [-0.15, -0.1) is 0 Å². The van der Waals surface area contributed by atoms with E-state index >= 15 is 0 Å². The Morgan fingerprint density at radius 1 is 1.53 bits per heavy atom. The molecule has 0 radical (unpaired) electrons. The van der Waals surface area contributed by atoms with E-state index in [0.717, 1.165) is 24.4 Å². The minimum Gasteiger partial charge on any atom is -0.478 e. The van der Waals surface area contributed by atoms with Gasteiger partial charge in [0, 0.05) is 12.2 Å². The summed E-state index contributed by atoms with van der Waals surface area (Å²) < 4.78 is 0. The van der Waals surface area contributed by atoms with E-state index in [1.807, 2.05) is 17.8 Å². The van der Waals surface area contributed by atoms with Crippen LogP contribution in [-0.4, -0.2) is 29.6 Å². The quantitative estimate of drug-likeness (QED) is 0.730. The molecular weight excluding hydrogens is 210 g/mol. The van der Waals surface area contributed by atoms with Crippen LogP contribution in [0.4, 0.5) is 5.69 Å². The number of thioether (sulfide) groups is 1. The SMILES string of the molecule is CSCCCNc1cccc(C(=O)O)c1. The molecule has 15 heavy (non-hydrogen) atoms. The Hall–Kier alpha value is -1.16. The Bertz CT molecular complexity index is 328. The van der Waals surface area contributed by atoms with Crippen molar-refractivity contribution in [1.82, 2.24) is 0 Å². The van der Waals surface area contributed by atoms with Crippen LogP contribution in [0.2, 0.25) is 0 Å². The van der Waals surface area contributed by atoms with Crippen molar-refractivity contribution in [3.8, 4) is 0 Å².